The lowest BCUT2D eigenvalue weighted by atomic mass is 10.3. The lowest BCUT2D eigenvalue weighted by molar-refractivity contribution is 0.0689. The van der Waals surface area contributed by atoms with Crippen molar-refractivity contribution < 1.29 is 9.90 Å². The van der Waals surface area contributed by atoms with Gasteiger partial charge >= 0.3 is 5.97 Å². The van der Waals surface area contributed by atoms with Crippen LogP contribution in [0.5, 0.6) is 0 Å². The van der Waals surface area contributed by atoms with Crippen LogP contribution in [0.1, 0.15) is 16.2 Å². The summed E-state index contributed by atoms with van der Waals surface area (Å²) in [5.74, 6) is -0.809. The number of carbonyl (C=O) groups is 1. The second-order valence-corrected chi connectivity index (χ2v) is 1.90. The Hall–Kier alpha value is -1.04. The number of rotatable bonds is 2. The molecule has 5 nitrogen and oxygen atoms in total. The van der Waals surface area contributed by atoms with E-state index in [0.29, 0.717) is 5.69 Å². The maximum absolute atomic E-state index is 10.3. The van der Waals surface area contributed by atoms with E-state index in [-0.39, 0.29) is 11.4 Å². The molecule has 0 amide bonds. The SMILES string of the molecule is O=C(O)c1n[nH]nc1CS. The first-order valence-corrected chi connectivity index (χ1v) is 3.12. The summed E-state index contributed by atoms with van der Waals surface area (Å²) in [6, 6.07) is 0. The lowest BCUT2D eigenvalue weighted by Crippen LogP contribution is -2.00. The summed E-state index contributed by atoms with van der Waals surface area (Å²) >= 11 is 3.85. The molecule has 1 aromatic rings. The van der Waals surface area contributed by atoms with Gasteiger partial charge < -0.3 is 5.11 Å². The molecule has 0 saturated heterocycles. The Balaban J connectivity index is 3.01. The van der Waals surface area contributed by atoms with Gasteiger partial charge in [0, 0.05) is 5.75 Å². The van der Waals surface area contributed by atoms with Crippen LogP contribution >= 0.6 is 12.6 Å². The molecule has 0 radical (unpaired) electrons. The number of aromatic nitrogens is 3. The number of hydrogen-bond donors (Lipinski definition) is 3. The minimum Gasteiger partial charge on any atom is -0.476 e. The Bertz CT molecular complexity index is 246. The molecule has 0 spiro atoms. The van der Waals surface area contributed by atoms with Gasteiger partial charge in [-0.1, -0.05) is 0 Å². The molecule has 1 aromatic heterocycles. The van der Waals surface area contributed by atoms with Gasteiger partial charge in [0.25, 0.3) is 0 Å². The maximum Gasteiger partial charge on any atom is 0.358 e. The van der Waals surface area contributed by atoms with Crippen molar-refractivity contribution in [1.29, 1.82) is 0 Å². The molecule has 0 bridgehead atoms. The van der Waals surface area contributed by atoms with Gasteiger partial charge in [-0.05, 0) is 0 Å². The molecule has 0 unspecified atom stereocenters. The first-order valence-electron chi connectivity index (χ1n) is 2.49. The fourth-order valence-electron chi connectivity index (χ4n) is 0.534. The van der Waals surface area contributed by atoms with Crippen molar-refractivity contribution in [3.05, 3.63) is 11.4 Å². The van der Waals surface area contributed by atoms with E-state index in [9.17, 15) is 4.79 Å². The lowest BCUT2D eigenvalue weighted by Gasteiger charge is -1.86. The van der Waals surface area contributed by atoms with Crippen LogP contribution in [-0.2, 0) is 5.75 Å². The number of aromatic amines is 1. The number of thiol groups is 1. The van der Waals surface area contributed by atoms with Crippen molar-refractivity contribution in [2.75, 3.05) is 0 Å². The highest BCUT2D eigenvalue weighted by molar-refractivity contribution is 7.79. The molecule has 2 N–H and O–H groups in total. The fraction of sp³-hybridized carbons (Fsp3) is 0.250. The maximum atomic E-state index is 10.3. The first-order chi connectivity index (χ1) is 4.75. The van der Waals surface area contributed by atoms with E-state index in [1.165, 1.54) is 0 Å². The number of carboxylic acids is 1. The summed E-state index contributed by atoms with van der Waals surface area (Å²) in [4.78, 5) is 10.3. The van der Waals surface area contributed by atoms with Crippen LogP contribution in [0.3, 0.4) is 0 Å². The Labute approximate surface area is 61.9 Å². The van der Waals surface area contributed by atoms with Gasteiger partial charge in [0.15, 0.2) is 5.69 Å². The Morgan fingerprint density at radius 1 is 1.70 bits per heavy atom. The number of carboxylic acid groups (broad SMARTS) is 1. The van der Waals surface area contributed by atoms with Gasteiger partial charge in [-0.15, -0.1) is 5.10 Å². The molecule has 54 valence electrons. The van der Waals surface area contributed by atoms with Gasteiger partial charge in [0.1, 0.15) is 5.69 Å². The van der Waals surface area contributed by atoms with Crippen molar-refractivity contribution in [2.45, 2.75) is 5.75 Å². The minimum absolute atomic E-state index is 0.0602. The zero-order valence-corrected chi connectivity index (χ0v) is 5.80. The summed E-state index contributed by atoms with van der Waals surface area (Å²) in [5.41, 5.74) is 0.297. The number of nitrogens with zero attached hydrogens (tertiary/aromatic N) is 2. The smallest absolute Gasteiger partial charge is 0.358 e. The van der Waals surface area contributed by atoms with E-state index in [1.807, 2.05) is 0 Å². The van der Waals surface area contributed by atoms with Crippen molar-refractivity contribution in [2.24, 2.45) is 0 Å². The van der Waals surface area contributed by atoms with E-state index >= 15 is 0 Å². The monoisotopic (exact) mass is 159 g/mol. The first kappa shape index (κ1) is 7.07. The zero-order chi connectivity index (χ0) is 7.56. The molecule has 0 aliphatic heterocycles. The van der Waals surface area contributed by atoms with Crippen LogP contribution in [0.2, 0.25) is 0 Å². The van der Waals surface area contributed by atoms with Crippen LogP contribution in [0, 0.1) is 0 Å². The number of aromatic carboxylic acids is 1. The summed E-state index contributed by atoms with van der Waals surface area (Å²) in [5, 5.41) is 17.6. The molecular weight excluding hydrogens is 154 g/mol. The molecule has 10 heavy (non-hydrogen) atoms. The molecule has 0 aliphatic carbocycles. The molecule has 0 aliphatic rings. The van der Waals surface area contributed by atoms with Crippen molar-refractivity contribution in [3.63, 3.8) is 0 Å². The highest BCUT2D eigenvalue weighted by atomic mass is 32.1. The third kappa shape index (κ3) is 1.10. The van der Waals surface area contributed by atoms with Gasteiger partial charge in [-0.2, -0.15) is 22.9 Å². The largest absolute Gasteiger partial charge is 0.476 e. The summed E-state index contributed by atoms with van der Waals surface area (Å²) in [6.07, 6.45) is 0. The number of nitrogens with one attached hydrogen (secondary N) is 1. The van der Waals surface area contributed by atoms with E-state index in [4.69, 9.17) is 5.11 Å². The van der Waals surface area contributed by atoms with E-state index in [2.05, 4.69) is 28.0 Å². The zero-order valence-electron chi connectivity index (χ0n) is 4.90. The van der Waals surface area contributed by atoms with Gasteiger partial charge in [0.2, 0.25) is 0 Å². The molecule has 0 atom stereocenters. The van der Waals surface area contributed by atoms with Crippen LogP contribution < -0.4 is 0 Å². The van der Waals surface area contributed by atoms with Crippen LogP contribution in [0.4, 0.5) is 0 Å². The Morgan fingerprint density at radius 2 is 2.40 bits per heavy atom. The van der Waals surface area contributed by atoms with E-state index in [0.717, 1.165) is 0 Å². The molecule has 1 heterocycles. The quantitative estimate of drug-likeness (QED) is 0.528. The highest BCUT2D eigenvalue weighted by Crippen LogP contribution is 2.02. The molecule has 6 heteroatoms. The average molecular weight is 159 g/mol. The topological polar surface area (TPSA) is 78.9 Å². The van der Waals surface area contributed by atoms with E-state index < -0.39 is 5.97 Å². The van der Waals surface area contributed by atoms with Gasteiger partial charge in [-0.25, -0.2) is 4.79 Å². The minimum atomic E-state index is -1.09. The predicted molar refractivity (Wildman–Crippen MR) is 36.0 cm³/mol. The molecule has 1 rings (SSSR count). The van der Waals surface area contributed by atoms with Gasteiger partial charge in [-0.3, -0.25) is 0 Å². The average Bonchev–Trinajstić information content (AvgIpc) is 2.33. The summed E-state index contributed by atoms with van der Waals surface area (Å²) in [6.45, 7) is 0. The second-order valence-electron chi connectivity index (χ2n) is 1.58. The van der Waals surface area contributed by atoms with Gasteiger partial charge in [0.05, 0.1) is 0 Å². The highest BCUT2D eigenvalue weighted by Gasteiger charge is 2.12. The molecule has 0 saturated carbocycles. The van der Waals surface area contributed by atoms with Crippen LogP contribution in [-0.4, -0.2) is 26.5 Å². The Morgan fingerprint density at radius 3 is 2.80 bits per heavy atom. The molecule has 0 fully saturated rings. The molecule has 0 aromatic carbocycles. The number of H-pyrrole nitrogens is 1. The predicted octanol–water partition coefficient (Wildman–Crippen LogP) is -0.0673. The number of hydrogen-bond acceptors (Lipinski definition) is 4. The van der Waals surface area contributed by atoms with Crippen molar-refractivity contribution >= 4 is 18.6 Å². The summed E-state index contributed by atoms with van der Waals surface area (Å²) < 4.78 is 0. The third-order valence-electron chi connectivity index (χ3n) is 0.972. The van der Waals surface area contributed by atoms with Crippen LogP contribution in [0.15, 0.2) is 0 Å². The third-order valence-corrected chi connectivity index (χ3v) is 1.27. The molecular formula is C4H5N3O2S. The second kappa shape index (κ2) is 2.70. The Kier molecular flexibility index (Phi) is 1.91. The summed E-state index contributed by atoms with van der Waals surface area (Å²) in [7, 11) is 0. The van der Waals surface area contributed by atoms with Crippen molar-refractivity contribution in [1.82, 2.24) is 15.4 Å². The van der Waals surface area contributed by atoms with Crippen LogP contribution in [0.25, 0.3) is 0 Å². The van der Waals surface area contributed by atoms with Crippen molar-refractivity contribution in [3.8, 4) is 0 Å². The normalized spacial score (nSPS) is 9.70. The fourth-order valence-corrected chi connectivity index (χ4v) is 0.755. The standard InChI is InChI=1S/C4H5N3O2S/c8-4(9)3-2(1-10)5-7-6-3/h10H,1H2,(H,8,9)(H,5,6,7). The van der Waals surface area contributed by atoms with E-state index in [1.54, 1.807) is 0 Å².